The third-order valence-electron chi connectivity index (χ3n) is 3.62. The lowest BCUT2D eigenvalue weighted by Crippen LogP contribution is -2.11. The minimum Gasteiger partial charge on any atom is -0.505 e. The quantitative estimate of drug-likeness (QED) is 0.330. The summed E-state index contributed by atoms with van der Waals surface area (Å²) in [6, 6.07) is 3.17. The Hall–Kier alpha value is -2.44. The second-order valence-electron chi connectivity index (χ2n) is 6.67. The van der Waals surface area contributed by atoms with Crippen LogP contribution in [0.4, 0.5) is 27.6 Å². The Balaban J connectivity index is 2.61. The van der Waals surface area contributed by atoms with Gasteiger partial charge in [0.25, 0.3) is 0 Å². The Bertz CT molecular complexity index is 840. The van der Waals surface area contributed by atoms with Crippen molar-refractivity contribution < 1.29 is 27.1 Å². The van der Waals surface area contributed by atoms with E-state index < -0.39 is 40.1 Å². The SMILES string of the molecule is Cc1cc(N=Cc2c(F)c(F)c(F)c(F)c2F)c(O)c(C(C)(C)C)c1. The van der Waals surface area contributed by atoms with E-state index in [1.165, 1.54) is 6.07 Å². The van der Waals surface area contributed by atoms with Crippen molar-refractivity contribution in [2.24, 2.45) is 4.99 Å². The topological polar surface area (TPSA) is 32.6 Å². The molecule has 0 fully saturated rings. The molecule has 0 unspecified atom stereocenters. The number of hydrogen-bond acceptors (Lipinski definition) is 2. The highest BCUT2D eigenvalue weighted by Crippen LogP contribution is 2.38. The summed E-state index contributed by atoms with van der Waals surface area (Å²) in [5.41, 5.74) is -0.391. The van der Waals surface area contributed by atoms with Crippen molar-refractivity contribution in [1.82, 2.24) is 0 Å². The van der Waals surface area contributed by atoms with Gasteiger partial charge in [0, 0.05) is 11.8 Å². The first-order valence-electron chi connectivity index (χ1n) is 7.34. The number of aromatic hydroxyl groups is 1. The van der Waals surface area contributed by atoms with E-state index in [1.807, 2.05) is 20.8 Å². The molecule has 7 heteroatoms. The first kappa shape index (κ1) is 18.9. The molecule has 2 rings (SSSR count). The lowest BCUT2D eigenvalue weighted by molar-refractivity contribution is 0.377. The summed E-state index contributed by atoms with van der Waals surface area (Å²) in [6.45, 7) is 7.27. The van der Waals surface area contributed by atoms with E-state index in [0.29, 0.717) is 17.3 Å². The molecule has 0 aromatic heterocycles. The van der Waals surface area contributed by atoms with Gasteiger partial charge < -0.3 is 5.11 Å². The average molecular weight is 357 g/mol. The van der Waals surface area contributed by atoms with Crippen LogP contribution in [0.25, 0.3) is 0 Å². The molecule has 0 aliphatic rings. The lowest BCUT2D eigenvalue weighted by atomic mass is 9.85. The molecule has 0 saturated heterocycles. The average Bonchev–Trinajstić information content (AvgIpc) is 2.52. The Morgan fingerprint density at radius 3 is 1.84 bits per heavy atom. The van der Waals surface area contributed by atoms with E-state index in [1.54, 1.807) is 13.0 Å². The number of aliphatic imine (C=N–C) groups is 1. The van der Waals surface area contributed by atoms with E-state index in [4.69, 9.17) is 0 Å². The van der Waals surface area contributed by atoms with Gasteiger partial charge in [-0.25, -0.2) is 22.0 Å². The first-order valence-corrected chi connectivity index (χ1v) is 7.34. The van der Waals surface area contributed by atoms with Gasteiger partial charge in [0.15, 0.2) is 23.3 Å². The van der Waals surface area contributed by atoms with Crippen LogP contribution in [0.3, 0.4) is 0 Å². The molecule has 0 spiro atoms. The van der Waals surface area contributed by atoms with Crippen LogP contribution in [-0.2, 0) is 5.41 Å². The van der Waals surface area contributed by atoms with Gasteiger partial charge in [-0.1, -0.05) is 26.8 Å². The second-order valence-corrected chi connectivity index (χ2v) is 6.67. The van der Waals surface area contributed by atoms with Crippen LogP contribution in [0.2, 0.25) is 0 Å². The standard InChI is InChI=1S/C18H16F5NO/c1-8-5-10(18(2,3)4)17(25)11(6-8)24-7-9-12(19)14(21)16(23)15(22)13(9)20/h5-7,25H,1-4H3. The molecule has 0 bridgehead atoms. The summed E-state index contributed by atoms with van der Waals surface area (Å²) in [5.74, 6) is -10.5. The van der Waals surface area contributed by atoms with Crippen LogP contribution in [0, 0.1) is 36.0 Å². The summed E-state index contributed by atoms with van der Waals surface area (Å²) in [5, 5.41) is 10.3. The molecule has 1 N–H and O–H groups in total. The number of rotatable bonds is 2. The van der Waals surface area contributed by atoms with Gasteiger partial charge >= 0.3 is 0 Å². The number of hydrogen-bond donors (Lipinski definition) is 1. The fourth-order valence-corrected chi connectivity index (χ4v) is 2.30. The van der Waals surface area contributed by atoms with Gasteiger partial charge in [0.05, 0.1) is 5.56 Å². The smallest absolute Gasteiger partial charge is 0.200 e. The molecule has 2 aromatic carbocycles. The predicted octanol–water partition coefficient (Wildman–Crippen LogP) is 5.44. The molecule has 2 aromatic rings. The maximum atomic E-state index is 13.7. The van der Waals surface area contributed by atoms with Crippen molar-refractivity contribution >= 4 is 11.9 Å². The van der Waals surface area contributed by atoms with Crippen molar-refractivity contribution in [2.75, 3.05) is 0 Å². The normalized spacial score (nSPS) is 12.2. The van der Waals surface area contributed by atoms with Gasteiger partial charge in [0.2, 0.25) is 5.82 Å². The number of phenolic OH excluding ortho intramolecular Hbond substituents is 1. The molecule has 25 heavy (non-hydrogen) atoms. The maximum absolute atomic E-state index is 13.7. The molecule has 2 nitrogen and oxygen atoms in total. The molecule has 0 aliphatic carbocycles. The molecule has 134 valence electrons. The third-order valence-corrected chi connectivity index (χ3v) is 3.62. The summed E-state index contributed by atoms with van der Waals surface area (Å²) in [7, 11) is 0. The molecular weight excluding hydrogens is 341 g/mol. The minimum absolute atomic E-state index is 0.0335. The van der Waals surface area contributed by atoms with Crippen LogP contribution in [0.15, 0.2) is 17.1 Å². The van der Waals surface area contributed by atoms with Crippen LogP contribution in [0.5, 0.6) is 5.75 Å². The van der Waals surface area contributed by atoms with Crippen LogP contribution in [0.1, 0.15) is 37.5 Å². The second kappa shape index (κ2) is 6.46. The van der Waals surface area contributed by atoms with E-state index in [0.717, 1.165) is 0 Å². The Labute approximate surface area is 141 Å². The van der Waals surface area contributed by atoms with Gasteiger partial charge in [0.1, 0.15) is 11.4 Å². The van der Waals surface area contributed by atoms with Gasteiger partial charge in [-0.15, -0.1) is 0 Å². The Kier molecular flexibility index (Phi) is 4.88. The zero-order valence-corrected chi connectivity index (χ0v) is 14.0. The summed E-state index contributed by atoms with van der Waals surface area (Å²) >= 11 is 0. The van der Waals surface area contributed by atoms with Gasteiger partial charge in [-0.3, -0.25) is 4.99 Å². The fraction of sp³-hybridized carbons (Fsp3) is 0.278. The fourth-order valence-electron chi connectivity index (χ4n) is 2.30. The largest absolute Gasteiger partial charge is 0.505 e. The molecule has 0 radical (unpaired) electrons. The molecule has 0 atom stereocenters. The van der Waals surface area contributed by atoms with Crippen molar-refractivity contribution in [3.63, 3.8) is 0 Å². The van der Waals surface area contributed by atoms with E-state index >= 15 is 0 Å². The summed E-state index contributed by atoms with van der Waals surface area (Å²) < 4.78 is 66.8. The summed E-state index contributed by atoms with van der Waals surface area (Å²) in [6.07, 6.45) is 0.511. The van der Waals surface area contributed by atoms with Crippen LogP contribution < -0.4 is 0 Å². The summed E-state index contributed by atoms with van der Waals surface area (Å²) in [4.78, 5) is 3.73. The predicted molar refractivity (Wildman–Crippen MR) is 85.0 cm³/mol. The van der Waals surface area contributed by atoms with Crippen LogP contribution >= 0.6 is 0 Å². The number of phenols is 1. The number of aryl methyl sites for hydroxylation is 1. The van der Waals surface area contributed by atoms with E-state index in [2.05, 4.69) is 4.99 Å². The van der Waals surface area contributed by atoms with Crippen molar-refractivity contribution in [1.29, 1.82) is 0 Å². The zero-order chi connectivity index (χ0) is 19.1. The van der Waals surface area contributed by atoms with Crippen molar-refractivity contribution in [3.05, 3.63) is 57.9 Å². The highest BCUT2D eigenvalue weighted by atomic mass is 19.2. The molecule has 0 amide bonds. The first-order chi connectivity index (χ1) is 11.4. The zero-order valence-electron chi connectivity index (χ0n) is 14.0. The number of nitrogens with zero attached hydrogens (tertiary/aromatic N) is 1. The monoisotopic (exact) mass is 357 g/mol. The highest BCUT2D eigenvalue weighted by Gasteiger charge is 2.25. The van der Waals surface area contributed by atoms with Gasteiger partial charge in [-0.05, 0) is 24.0 Å². The van der Waals surface area contributed by atoms with E-state index in [9.17, 15) is 27.1 Å². The lowest BCUT2D eigenvalue weighted by Gasteiger charge is -2.21. The molecule has 0 heterocycles. The Morgan fingerprint density at radius 1 is 0.880 bits per heavy atom. The molecule has 0 saturated carbocycles. The highest BCUT2D eigenvalue weighted by molar-refractivity contribution is 5.84. The van der Waals surface area contributed by atoms with Crippen LogP contribution in [-0.4, -0.2) is 11.3 Å². The van der Waals surface area contributed by atoms with Crippen molar-refractivity contribution in [3.8, 4) is 5.75 Å². The van der Waals surface area contributed by atoms with E-state index in [-0.39, 0.29) is 11.4 Å². The maximum Gasteiger partial charge on any atom is 0.200 e. The molecule has 0 aliphatic heterocycles. The Morgan fingerprint density at radius 2 is 1.36 bits per heavy atom. The number of benzene rings is 2. The molecular formula is C18H16F5NO. The number of halogens is 5. The minimum atomic E-state index is -2.24. The third kappa shape index (κ3) is 3.50. The van der Waals surface area contributed by atoms with Crippen molar-refractivity contribution in [2.45, 2.75) is 33.1 Å². The van der Waals surface area contributed by atoms with Gasteiger partial charge in [-0.2, -0.15) is 0 Å².